The molecule has 0 aliphatic heterocycles. The molecule has 25 heavy (non-hydrogen) atoms. The normalized spacial score (nSPS) is 12.2. The third-order valence-electron chi connectivity index (χ3n) is 3.90. The third-order valence-corrected chi connectivity index (χ3v) is 5.03. The molecule has 130 valence electrons. The maximum atomic E-state index is 10.7. The smallest absolute Gasteiger partial charge is 0.269 e. The number of aromatic nitrogens is 2. The zero-order valence-electron chi connectivity index (χ0n) is 14.0. The van der Waals surface area contributed by atoms with Gasteiger partial charge in [0.15, 0.2) is 0 Å². The van der Waals surface area contributed by atoms with Crippen molar-refractivity contribution in [3.05, 3.63) is 70.1 Å². The molecule has 0 fully saturated rings. The van der Waals surface area contributed by atoms with Crippen LogP contribution in [-0.4, -0.2) is 21.0 Å². The molecule has 1 aromatic carbocycles. The number of non-ortho nitro benzene ring substituents is 1. The number of nitro groups is 1. The number of benzene rings is 1. The fraction of sp³-hybridized carbons (Fsp3) is 0.278. The van der Waals surface area contributed by atoms with Crippen molar-refractivity contribution in [2.45, 2.75) is 20.0 Å². The molecule has 0 spiro atoms. The molecule has 1 unspecified atom stereocenters. The largest absolute Gasteiger partial charge is 0.337 e. The standard InChI is InChI=1S/C18H20N4O2S/c1-14(12-21-9-8-19-13-21)10-20-11-17-6-7-18(25-17)15-2-4-16(5-3-15)22(23)24/h2-9,13-14,20H,10-12H2,1H3. The average molecular weight is 356 g/mol. The van der Waals surface area contributed by atoms with Crippen LogP contribution in [0.5, 0.6) is 0 Å². The number of hydrogen-bond donors (Lipinski definition) is 1. The Bertz CT molecular complexity index is 812. The highest BCUT2D eigenvalue weighted by Crippen LogP contribution is 2.29. The van der Waals surface area contributed by atoms with Crippen molar-refractivity contribution < 1.29 is 4.92 Å². The number of imidazole rings is 1. The lowest BCUT2D eigenvalue weighted by Crippen LogP contribution is -2.23. The predicted octanol–water partition coefficient (Wildman–Crippen LogP) is 3.95. The van der Waals surface area contributed by atoms with Gasteiger partial charge in [-0.15, -0.1) is 11.3 Å². The van der Waals surface area contributed by atoms with Crippen LogP contribution in [-0.2, 0) is 13.1 Å². The molecule has 3 rings (SSSR count). The van der Waals surface area contributed by atoms with E-state index in [1.807, 2.05) is 12.5 Å². The van der Waals surface area contributed by atoms with Crippen LogP contribution in [0.3, 0.4) is 0 Å². The summed E-state index contributed by atoms with van der Waals surface area (Å²) in [6.07, 6.45) is 5.62. The Morgan fingerprint density at radius 2 is 2.08 bits per heavy atom. The summed E-state index contributed by atoms with van der Waals surface area (Å²) in [6.45, 7) is 4.92. The molecule has 0 saturated heterocycles. The Labute approximate surface area is 150 Å². The number of nitro benzene ring substituents is 1. The molecule has 0 bridgehead atoms. The minimum atomic E-state index is -0.376. The van der Waals surface area contributed by atoms with Crippen LogP contribution in [0.2, 0.25) is 0 Å². The quantitative estimate of drug-likeness (QED) is 0.490. The molecule has 0 saturated carbocycles. The van der Waals surface area contributed by atoms with E-state index >= 15 is 0 Å². The van der Waals surface area contributed by atoms with Crippen molar-refractivity contribution in [3.8, 4) is 10.4 Å². The number of thiophene rings is 1. The number of hydrogen-bond acceptors (Lipinski definition) is 5. The molecular weight excluding hydrogens is 336 g/mol. The maximum Gasteiger partial charge on any atom is 0.269 e. The minimum absolute atomic E-state index is 0.120. The van der Waals surface area contributed by atoms with Crippen LogP contribution >= 0.6 is 11.3 Å². The summed E-state index contributed by atoms with van der Waals surface area (Å²) >= 11 is 1.71. The second kappa shape index (κ2) is 8.04. The van der Waals surface area contributed by atoms with Gasteiger partial charge in [0, 0.05) is 47.4 Å². The summed E-state index contributed by atoms with van der Waals surface area (Å²) in [4.78, 5) is 16.8. The molecule has 0 aliphatic rings. The summed E-state index contributed by atoms with van der Waals surface area (Å²) in [6, 6.07) is 10.9. The first-order valence-electron chi connectivity index (χ1n) is 8.12. The Hall–Kier alpha value is -2.51. The van der Waals surface area contributed by atoms with Gasteiger partial charge in [0.1, 0.15) is 0 Å². The van der Waals surface area contributed by atoms with Crippen molar-refractivity contribution in [2.24, 2.45) is 5.92 Å². The first-order chi connectivity index (χ1) is 12.1. The van der Waals surface area contributed by atoms with Crippen molar-refractivity contribution >= 4 is 17.0 Å². The molecule has 2 aromatic heterocycles. The lowest BCUT2D eigenvalue weighted by Gasteiger charge is -2.12. The first kappa shape index (κ1) is 17.3. The fourth-order valence-corrected chi connectivity index (χ4v) is 3.62. The van der Waals surface area contributed by atoms with Crippen LogP contribution in [0.4, 0.5) is 5.69 Å². The van der Waals surface area contributed by atoms with Crippen molar-refractivity contribution in [3.63, 3.8) is 0 Å². The van der Waals surface area contributed by atoms with Crippen molar-refractivity contribution in [1.29, 1.82) is 0 Å². The minimum Gasteiger partial charge on any atom is -0.337 e. The molecule has 0 radical (unpaired) electrons. The van der Waals surface area contributed by atoms with Gasteiger partial charge < -0.3 is 9.88 Å². The van der Waals surface area contributed by atoms with E-state index in [1.54, 1.807) is 41.8 Å². The van der Waals surface area contributed by atoms with Crippen LogP contribution < -0.4 is 5.32 Å². The van der Waals surface area contributed by atoms with E-state index in [1.165, 1.54) is 4.88 Å². The Morgan fingerprint density at radius 1 is 1.28 bits per heavy atom. The average Bonchev–Trinajstić information content (AvgIpc) is 3.27. The van der Waals surface area contributed by atoms with E-state index in [4.69, 9.17) is 0 Å². The van der Waals surface area contributed by atoms with Crippen LogP contribution in [0.25, 0.3) is 10.4 Å². The second-order valence-electron chi connectivity index (χ2n) is 6.07. The maximum absolute atomic E-state index is 10.7. The van der Waals surface area contributed by atoms with Crippen molar-refractivity contribution in [2.75, 3.05) is 6.54 Å². The van der Waals surface area contributed by atoms with Crippen molar-refractivity contribution in [1.82, 2.24) is 14.9 Å². The summed E-state index contributed by atoms with van der Waals surface area (Å²) in [7, 11) is 0. The second-order valence-corrected chi connectivity index (χ2v) is 7.23. The molecule has 1 N–H and O–H groups in total. The zero-order valence-corrected chi connectivity index (χ0v) is 14.8. The zero-order chi connectivity index (χ0) is 17.6. The summed E-state index contributed by atoms with van der Waals surface area (Å²) in [5.74, 6) is 0.517. The van der Waals surface area contributed by atoms with E-state index in [-0.39, 0.29) is 10.6 Å². The van der Waals surface area contributed by atoms with Gasteiger partial charge in [0.25, 0.3) is 5.69 Å². The van der Waals surface area contributed by atoms with E-state index < -0.39 is 0 Å². The number of nitrogens with zero attached hydrogens (tertiary/aromatic N) is 3. The van der Waals surface area contributed by atoms with Gasteiger partial charge in [0.2, 0.25) is 0 Å². The molecule has 6 nitrogen and oxygen atoms in total. The van der Waals surface area contributed by atoms with E-state index in [2.05, 4.69) is 33.9 Å². The van der Waals surface area contributed by atoms with Gasteiger partial charge in [-0.05, 0) is 42.3 Å². The highest BCUT2D eigenvalue weighted by molar-refractivity contribution is 7.15. The number of nitrogens with one attached hydrogen (secondary N) is 1. The van der Waals surface area contributed by atoms with E-state index in [0.717, 1.165) is 30.1 Å². The van der Waals surface area contributed by atoms with Gasteiger partial charge in [-0.25, -0.2) is 4.98 Å². The van der Waals surface area contributed by atoms with Gasteiger partial charge in [-0.2, -0.15) is 0 Å². The Kier molecular flexibility index (Phi) is 5.57. The predicted molar refractivity (Wildman–Crippen MR) is 99.5 cm³/mol. The highest BCUT2D eigenvalue weighted by atomic mass is 32.1. The Balaban J connectivity index is 1.50. The molecular formula is C18H20N4O2S. The molecule has 0 amide bonds. The highest BCUT2D eigenvalue weighted by Gasteiger charge is 2.08. The van der Waals surface area contributed by atoms with Gasteiger partial charge in [0.05, 0.1) is 11.3 Å². The molecule has 1 atom stereocenters. The topological polar surface area (TPSA) is 73.0 Å². The third kappa shape index (κ3) is 4.74. The van der Waals surface area contributed by atoms with Gasteiger partial charge >= 0.3 is 0 Å². The molecule has 0 aliphatic carbocycles. The van der Waals surface area contributed by atoms with Crippen LogP contribution in [0, 0.1) is 16.0 Å². The molecule has 7 heteroatoms. The van der Waals surface area contributed by atoms with E-state index in [0.29, 0.717) is 5.92 Å². The summed E-state index contributed by atoms with van der Waals surface area (Å²) in [5.41, 5.74) is 1.13. The lowest BCUT2D eigenvalue weighted by atomic mass is 10.2. The molecule has 3 aromatic rings. The van der Waals surface area contributed by atoms with Gasteiger partial charge in [-0.3, -0.25) is 10.1 Å². The van der Waals surface area contributed by atoms with Gasteiger partial charge in [-0.1, -0.05) is 6.92 Å². The lowest BCUT2D eigenvalue weighted by molar-refractivity contribution is -0.384. The molecule has 2 heterocycles. The van der Waals surface area contributed by atoms with E-state index in [9.17, 15) is 10.1 Å². The summed E-state index contributed by atoms with van der Waals surface area (Å²) in [5, 5.41) is 14.2. The monoisotopic (exact) mass is 356 g/mol. The number of rotatable bonds is 8. The van der Waals surface area contributed by atoms with Crippen LogP contribution in [0.15, 0.2) is 55.1 Å². The van der Waals surface area contributed by atoms with Crippen LogP contribution in [0.1, 0.15) is 11.8 Å². The SMILES string of the molecule is CC(CNCc1ccc(-c2ccc([N+](=O)[O-])cc2)s1)Cn1ccnc1. The summed E-state index contributed by atoms with van der Waals surface area (Å²) < 4.78 is 2.09. The first-order valence-corrected chi connectivity index (χ1v) is 8.93. The Morgan fingerprint density at radius 3 is 2.76 bits per heavy atom. The fourth-order valence-electron chi connectivity index (χ4n) is 2.64.